The molecule has 0 aliphatic heterocycles. The molecule has 0 radical (unpaired) electrons. The number of rotatable bonds is 2. The van der Waals surface area contributed by atoms with Gasteiger partial charge in [-0.3, -0.25) is 14.9 Å². The number of nitro benzene ring substituents is 1. The second-order valence-electron chi connectivity index (χ2n) is 2.49. The number of benzene rings is 1. The summed E-state index contributed by atoms with van der Waals surface area (Å²) in [5.74, 6) is 0. The van der Waals surface area contributed by atoms with Crippen LogP contribution in [0.4, 0.5) is 5.69 Å². The Bertz CT molecular complexity index is 376. The van der Waals surface area contributed by atoms with Gasteiger partial charge in [0, 0.05) is 17.2 Å². The fourth-order valence-electron chi connectivity index (χ4n) is 0.985. The van der Waals surface area contributed by atoms with Gasteiger partial charge >= 0.3 is 0 Å². The van der Waals surface area contributed by atoms with Gasteiger partial charge in [-0.15, -0.1) is 0 Å². The molecule has 0 unspecified atom stereocenters. The molecule has 0 atom stereocenters. The van der Waals surface area contributed by atoms with Crippen molar-refractivity contribution < 1.29 is 9.72 Å². The molecule has 0 aliphatic rings. The lowest BCUT2D eigenvalue weighted by molar-refractivity contribution is -0.385. The zero-order chi connectivity index (χ0) is 10.0. The zero-order valence-corrected chi connectivity index (χ0v) is 7.54. The van der Waals surface area contributed by atoms with E-state index in [0.29, 0.717) is 11.8 Å². The third kappa shape index (κ3) is 1.67. The highest BCUT2D eigenvalue weighted by Crippen LogP contribution is 2.27. The van der Waals surface area contributed by atoms with Crippen LogP contribution in [0, 0.1) is 17.0 Å². The highest BCUT2D eigenvalue weighted by Gasteiger charge is 2.15. The first-order valence-electron chi connectivity index (χ1n) is 3.46. The van der Waals surface area contributed by atoms with Gasteiger partial charge in [0.2, 0.25) is 0 Å². The minimum Gasteiger partial charge on any atom is -0.298 e. The molecular weight excluding hydrogens is 194 g/mol. The van der Waals surface area contributed by atoms with Crippen LogP contribution in [0.1, 0.15) is 15.9 Å². The Balaban J connectivity index is 3.39. The predicted octanol–water partition coefficient (Wildman–Crippen LogP) is 2.37. The largest absolute Gasteiger partial charge is 0.298 e. The summed E-state index contributed by atoms with van der Waals surface area (Å²) in [5.41, 5.74) is 0.511. The number of hydrogen-bond acceptors (Lipinski definition) is 3. The van der Waals surface area contributed by atoms with Gasteiger partial charge in [-0.25, -0.2) is 0 Å². The van der Waals surface area contributed by atoms with Crippen molar-refractivity contribution in [1.82, 2.24) is 0 Å². The van der Waals surface area contributed by atoms with Gasteiger partial charge in [-0.1, -0.05) is 11.6 Å². The summed E-state index contributed by atoms with van der Waals surface area (Å²) in [4.78, 5) is 20.3. The minimum atomic E-state index is -0.532. The Kier molecular flexibility index (Phi) is 2.63. The first-order chi connectivity index (χ1) is 6.07. The van der Waals surface area contributed by atoms with E-state index in [4.69, 9.17) is 11.6 Å². The number of aldehydes is 1. The highest BCUT2D eigenvalue weighted by atomic mass is 35.5. The summed E-state index contributed by atoms with van der Waals surface area (Å²) in [6, 6.07) is 2.60. The topological polar surface area (TPSA) is 60.2 Å². The third-order valence-corrected chi connectivity index (χ3v) is 2.21. The molecule has 1 aromatic carbocycles. The van der Waals surface area contributed by atoms with Gasteiger partial charge in [0.15, 0.2) is 6.29 Å². The van der Waals surface area contributed by atoms with Gasteiger partial charge in [0.25, 0.3) is 5.69 Å². The van der Waals surface area contributed by atoms with E-state index in [0.717, 1.165) is 0 Å². The van der Waals surface area contributed by atoms with E-state index in [1.165, 1.54) is 19.1 Å². The Morgan fingerprint density at radius 2 is 2.15 bits per heavy atom. The Hall–Kier alpha value is -1.42. The number of carbonyl (C=O) groups excluding carboxylic acids is 1. The van der Waals surface area contributed by atoms with Gasteiger partial charge in [-0.2, -0.15) is 0 Å². The van der Waals surface area contributed by atoms with Gasteiger partial charge in [-0.05, 0) is 13.0 Å². The van der Waals surface area contributed by atoms with E-state index in [2.05, 4.69) is 0 Å². The number of nitro groups is 1. The SMILES string of the molecule is Cc1c([N+](=O)[O-])ccc(C=O)c1Cl. The molecule has 0 bridgehead atoms. The molecule has 0 saturated carbocycles. The van der Waals surface area contributed by atoms with Crippen LogP contribution in [-0.4, -0.2) is 11.2 Å². The summed E-state index contributed by atoms with van der Waals surface area (Å²) in [6.07, 6.45) is 0.569. The number of carbonyl (C=O) groups is 1. The first-order valence-corrected chi connectivity index (χ1v) is 3.84. The fourth-order valence-corrected chi connectivity index (χ4v) is 1.19. The van der Waals surface area contributed by atoms with E-state index in [1.54, 1.807) is 0 Å². The minimum absolute atomic E-state index is 0.0735. The van der Waals surface area contributed by atoms with Crippen LogP contribution in [0.15, 0.2) is 12.1 Å². The molecule has 0 N–H and O–H groups in total. The van der Waals surface area contributed by atoms with Gasteiger partial charge in [0.1, 0.15) is 0 Å². The maximum Gasteiger partial charge on any atom is 0.273 e. The molecule has 4 nitrogen and oxygen atoms in total. The molecular formula is C8H6ClNO3. The standard InChI is InChI=1S/C8H6ClNO3/c1-5-7(10(12)13)3-2-6(4-11)8(5)9/h2-4H,1H3. The first kappa shape index (κ1) is 9.67. The van der Waals surface area contributed by atoms with Crippen LogP contribution in [-0.2, 0) is 0 Å². The molecule has 0 aliphatic carbocycles. The summed E-state index contributed by atoms with van der Waals surface area (Å²) >= 11 is 5.71. The molecule has 0 spiro atoms. The summed E-state index contributed by atoms with van der Waals surface area (Å²) in [6.45, 7) is 1.51. The molecule has 5 heteroatoms. The molecule has 0 amide bonds. The van der Waals surface area contributed by atoms with Crippen LogP contribution in [0.25, 0.3) is 0 Å². The van der Waals surface area contributed by atoms with Crippen molar-refractivity contribution in [2.24, 2.45) is 0 Å². The van der Waals surface area contributed by atoms with Crippen LogP contribution in [0.3, 0.4) is 0 Å². The smallest absolute Gasteiger partial charge is 0.273 e. The summed E-state index contributed by atoms with van der Waals surface area (Å²) in [7, 11) is 0. The van der Waals surface area contributed by atoms with E-state index in [-0.39, 0.29) is 16.3 Å². The number of hydrogen-bond donors (Lipinski definition) is 0. The Morgan fingerprint density at radius 1 is 1.54 bits per heavy atom. The van der Waals surface area contributed by atoms with Crippen molar-refractivity contribution >= 4 is 23.6 Å². The van der Waals surface area contributed by atoms with Crippen molar-refractivity contribution in [2.45, 2.75) is 6.92 Å². The Morgan fingerprint density at radius 3 is 2.62 bits per heavy atom. The van der Waals surface area contributed by atoms with Crippen LogP contribution < -0.4 is 0 Å². The van der Waals surface area contributed by atoms with Gasteiger partial charge < -0.3 is 0 Å². The van der Waals surface area contributed by atoms with Gasteiger partial charge in [0.05, 0.1) is 9.95 Å². The predicted molar refractivity (Wildman–Crippen MR) is 48.2 cm³/mol. The normalized spacial score (nSPS) is 9.69. The van der Waals surface area contributed by atoms with Crippen molar-refractivity contribution in [2.75, 3.05) is 0 Å². The maximum absolute atomic E-state index is 10.4. The van der Waals surface area contributed by atoms with Crippen molar-refractivity contribution in [1.29, 1.82) is 0 Å². The van der Waals surface area contributed by atoms with E-state index >= 15 is 0 Å². The van der Waals surface area contributed by atoms with Crippen LogP contribution in [0.5, 0.6) is 0 Å². The average Bonchev–Trinajstić information content (AvgIpc) is 2.09. The second kappa shape index (κ2) is 3.53. The fraction of sp³-hybridized carbons (Fsp3) is 0.125. The molecule has 0 heterocycles. The molecule has 0 saturated heterocycles. The third-order valence-electron chi connectivity index (χ3n) is 1.71. The number of nitrogens with zero attached hydrogens (tertiary/aromatic N) is 1. The lowest BCUT2D eigenvalue weighted by Crippen LogP contribution is -1.94. The average molecular weight is 200 g/mol. The summed E-state index contributed by atoms with van der Waals surface area (Å²) in [5, 5.41) is 10.6. The Labute approximate surface area is 79.3 Å². The van der Waals surface area contributed by atoms with Crippen LogP contribution >= 0.6 is 11.6 Å². The highest BCUT2D eigenvalue weighted by molar-refractivity contribution is 6.34. The second-order valence-corrected chi connectivity index (χ2v) is 2.87. The molecule has 1 rings (SSSR count). The molecule has 13 heavy (non-hydrogen) atoms. The van der Waals surface area contributed by atoms with Crippen molar-refractivity contribution in [3.63, 3.8) is 0 Å². The van der Waals surface area contributed by atoms with E-state index in [9.17, 15) is 14.9 Å². The van der Waals surface area contributed by atoms with Crippen molar-refractivity contribution in [3.8, 4) is 0 Å². The molecule has 1 aromatic rings. The molecule has 0 aromatic heterocycles. The lowest BCUT2D eigenvalue weighted by atomic mass is 10.1. The zero-order valence-electron chi connectivity index (χ0n) is 6.78. The lowest BCUT2D eigenvalue weighted by Gasteiger charge is -2.01. The molecule has 68 valence electrons. The maximum atomic E-state index is 10.4. The van der Waals surface area contributed by atoms with Crippen molar-refractivity contribution in [3.05, 3.63) is 38.4 Å². The number of halogens is 1. The van der Waals surface area contributed by atoms with E-state index in [1.807, 2.05) is 0 Å². The molecule has 0 fully saturated rings. The van der Waals surface area contributed by atoms with Crippen LogP contribution in [0.2, 0.25) is 5.02 Å². The van der Waals surface area contributed by atoms with E-state index < -0.39 is 4.92 Å². The monoisotopic (exact) mass is 199 g/mol. The quantitative estimate of drug-likeness (QED) is 0.417. The summed E-state index contributed by atoms with van der Waals surface area (Å²) < 4.78 is 0.